The van der Waals surface area contributed by atoms with Gasteiger partial charge in [-0.2, -0.15) is 0 Å². The van der Waals surface area contributed by atoms with Crippen molar-refractivity contribution in [3.63, 3.8) is 0 Å². The van der Waals surface area contributed by atoms with E-state index in [1.165, 1.54) is 11.0 Å². The molecule has 1 aliphatic heterocycles. The lowest BCUT2D eigenvalue weighted by molar-refractivity contribution is 0.136. The number of aromatic nitrogens is 3. The average molecular weight is 562 g/mol. The van der Waals surface area contributed by atoms with Crippen molar-refractivity contribution in [1.82, 2.24) is 20.1 Å². The maximum absolute atomic E-state index is 15.0. The largest absolute Gasteiger partial charge is 0.465 e. The van der Waals surface area contributed by atoms with E-state index in [2.05, 4.69) is 50.8 Å². The zero-order valence-electron chi connectivity index (χ0n) is 23.3. The number of halogens is 2. The molecule has 5 rings (SSSR count). The molecule has 9 heteroatoms. The number of anilines is 1. The minimum absolute atomic E-state index is 0.146. The van der Waals surface area contributed by atoms with Crippen molar-refractivity contribution >= 4 is 34.4 Å². The van der Waals surface area contributed by atoms with E-state index in [0.29, 0.717) is 58.3 Å². The third kappa shape index (κ3) is 4.96. The fourth-order valence-corrected chi connectivity index (χ4v) is 5.78. The molecular weight excluding hydrogens is 529 g/mol. The number of hydrogen-bond acceptors (Lipinski definition) is 5. The van der Waals surface area contributed by atoms with Gasteiger partial charge in [0.25, 0.3) is 0 Å². The minimum Gasteiger partial charge on any atom is -0.465 e. The number of rotatable bonds is 5. The number of hydrogen-bond donors (Lipinski definition) is 1. The van der Waals surface area contributed by atoms with Crippen LogP contribution in [-0.4, -0.2) is 57.0 Å². The highest BCUT2D eigenvalue weighted by Gasteiger charge is 2.31. The van der Waals surface area contributed by atoms with Crippen LogP contribution in [0.15, 0.2) is 48.5 Å². The molecule has 0 unspecified atom stereocenters. The van der Waals surface area contributed by atoms with Gasteiger partial charge in [-0.05, 0) is 48.1 Å². The lowest BCUT2D eigenvalue weighted by Gasteiger charge is -2.39. The van der Waals surface area contributed by atoms with Crippen molar-refractivity contribution in [2.75, 3.05) is 24.5 Å². The molecule has 7 nitrogen and oxygen atoms in total. The Morgan fingerprint density at radius 3 is 2.27 bits per heavy atom. The average Bonchev–Trinajstić information content (AvgIpc) is 2.92. The Hall–Kier alpha value is -3.78. The third-order valence-electron chi connectivity index (χ3n) is 7.59. The van der Waals surface area contributed by atoms with Gasteiger partial charge in [-0.25, -0.2) is 14.2 Å². The van der Waals surface area contributed by atoms with Crippen LogP contribution in [0.3, 0.4) is 0 Å². The number of nitrogens with zero attached hydrogens (tertiary/aromatic N) is 5. The Labute approximate surface area is 238 Å². The topological polar surface area (TPSA) is 82.5 Å². The van der Waals surface area contributed by atoms with Crippen LogP contribution in [0, 0.1) is 5.82 Å². The number of carboxylic acid groups (broad SMARTS) is 1. The van der Waals surface area contributed by atoms with Crippen LogP contribution in [0.1, 0.15) is 57.6 Å². The Kier molecular flexibility index (Phi) is 7.64. The van der Waals surface area contributed by atoms with Gasteiger partial charge >= 0.3 is 6.09 Å². The van der Waals surface area contributed by atoms with E-state index in [-0.39, 0.29) is 17.9 Å². The van der Waals surface area contributed by atoms with Gasteiger partial charge in [0.15, 0.2) is 5.82 Å². The highest BCUT2D eigenvalue weighted by Crippen LogP contribution is 2.42. The summed E-state index contributed by atoms with van der Waals surface area (Å²) < 4.78 is 15.0. The number of amides is 1. The highest BCUT2D eigenvalue weighted by molar-refractivity contribution is 6.34. The van der Waals surface area contributed by atoms with Gasteiger partial charge < -0.3 is 14.9 Å². The van der Waals surface area contributed by atoms with Crippen LogP contribution in [0.25, 0.3) is 33.4 Å². The summed E-state index contributed by atoms with van der Waals surface area (Å²) in [6, 6.07) is 14.4. The number of piperazine rings is 1. The van der Waals surface area contributed by atoms with Crippen molar-refractivity contribution in [3.05, 3.63) is 70.5 Å². The molecule has 4 aromatic rings. The first kappa shape index (κ1) is 27.8. The quantitative estimate of drug-likeness (QED) is 0.270. The maximum atomic E-state index is 15.0. The first-order chi connectivity index (χ1) is 19.1. The van der Waals surface area contributed by atoms with Crippen LogP contribution in [0.4, 0.5) is 15.0 Å². The van der Waals surface area contributed by atoms with E-state index in [1.54, 1.807) is 24.3 Å². The van der Waals surface area contributed by atoms with E-state index in [0.717, 1.165) is 16.7 Å². The molecule has 40 heavy (non-hydrogen) atoms. The zero-order chi connectivity index (χ0) is 28.7. The molecule has 1 atom stereocenters. The summed E-state index contributed by atoms with van der Waals surface area (Å²) in [4.78, 5) is 20.1. The lowest BCUT2D eigenvalue weighted by atomic mass is 9.86. The van der Waals surface area contributed by atoms with E-state index >= 15 is 0 Å². The number of benzene rings is 2. The Morgan fingerprint density at radius 1 is 1.00 bits per heavy atom. The van der Waals surface area contributed by atoms with Crippen molar-refractivity contribution < 1.29 is 14.3 Å². The Morgan fingerprint density at radius 2 is 1.68 bits per heavy atom. The molecule has 1 fully saturated rings. The lowest BCUT2D eigenvalue weighted by Crippen LogP contribution is -2.53. The van der Waals surface area contributed by atoms with E-state index in [1.807, 2.05) is 6.92 Å². The molecule has 1 aliphatic rings. The van der Waals surface area contributed by atoms with Crippen LogP contribution in [0.2, 0.25) is 5.02 Å². The number of fused-ring (bicyclic) bond motifs is 1. The fraction of sp³-hybridized carbons (Fsp3) is 0.355. The second kappa shape index (κ2) is 11.0. The van der Waals surface area contributed by atoms with Crippen molar-refractivity contribution in [1.29, 1.82) is 0 Å². The number of carbonyl (C=O) groups is 1. The van der Waals surface area contributed by atoms with Gasteiger partial charge in [0.1, 0.15) is 17.0 Å². The summed E-state index contributed by atoms with van der Waals surface area (Å²) in [6.45, 7) is 11.7. The molecule has 0 saturated carbocycles. The second-order valence-electron chi connectivity index (χ2n) is 11.0. The molecule has 1 amide bonds. The monoisotopic (exact) mass is 561 g/mol. The van der Waals surface area contributed by atoms with Crippen LogP contribution < -0.4 is 4.90 Å². The standard InChI is InChI=1S/C31H33ClFN5O2/c1-17(2)20-10-8-11-21(18(3)4)26(20)29-28-23(15-24(32)27(34-28)22-9-6-7-12-25(22)33)30(36-35-29)38-14-13-37(31(39)40)16-19(38)5/h6-12,15,17-19H,13-14,16H2,1-5H3,(H,39,40)/t19-/m0/s1. The Bertz CT molecular complexity index is 1570. The van der Waals surface area contributed by atoms with E-state index in [4.69, 9.17) is 26.8 Å². The fourth-order valence-electron chi connectivity index (χ4n) is 5.53. The van der Waals surface area contributed by atoms with Crippen molar-refractivity contribution in [2.45, 2.75) is 52.5 Å². The molecule has 1 saturated heterocycles. The minimum atomic E-state index is -0.941. The molecule has 3 heterocycles. The van der Waals surface area contributed by atoms with Crippen LogP contribution in [0.5, 0.6) is 0 Å². The predicted octanol–water partition coefficient (Wildman–Crippen LogP) is 7.59. The molecule has 1 N–H and O–H groups in total. The Balaban J connectivity index is 1.81. The third-order valence-corrected chi connectivity index (χ3v) is 7.88. The number of pyridine rings is 1. The smallest absolute Gasteiger partial charge is 0.407 e. The van der Waals surface area contributed by atoms with Gasteiger partial charge in [-0.3, -0.25) is 0 Å². The van der Waals surface area contributed by atoms with Gasteiger partial charge in [-0.15, -0.1) is 10.2 Å². The molecule has 0 bridgehead atoms. The second-order valence-corrected chi connectivity index (χ2v) is 11.4. The molecule has 0 radical (unpaired) electrons. The summed E-state index contributed by atoms with van der Waals surface area (Å²) >= 11 is 6.80. The van der Waals surface area contributed by atoms with Gasteiger partial charge in [-0.1, -0.05) is 69.6 Å². The molecular formula is C31H33ClFN5O2. The summed E-state index contributed by atoms with van der Waals surface area (Å²) in [6.07, 6.45) is -0.941. The summed E-state index contributed by atoms with van der Waals surface area (Å²) in [5, 5.41) is 20.0. The van der Waals surface area contributed by atoms with Crippen LogP contribution >= 0.6 is 11.6 Å². The molecule has 2 aromatic carbocycles. The van der Waals surface area contributed by atoms with E-state index in [9.17, 15) is 14.3 Å². The maximum Gasteiger partial charge on any atom is 0.407 e. The highest BCUT2D eigenvalue weighted by atomic mass is 35.5. The van der Waals surface area contributed by atoms with Crippen molar-refractivity contribution in [3.8, 4) is 22.5 Å². The van der Waals surface area contributed by atoms with Gasteiger partial charge in [0.2, 0.25) is 0 Å². The summed E-state index contributed by atoms with van der Waals surface area (Å²) in [7, 11) is 0. The van der Waals surface area contributed by atoms with Crippen molar-refractivity contribution in [2.24, 2.45) is 0 Å². The normalized spacial score (nSPS) is 15.9. The SMILES string of the molecule is CC(C)c1cccc(C(C)C)c1-c1nnc(N2CCN(C(=O)O)C[C@@H]2C)c2cc(Cl)c(-c3ccccc3F)nc12. The van der Waals surface area contributed by atoms with Gasteiger partial charge in [0.05, 0.1) is 10.7 Å². The summed E-state index contributed by atoms with van der Waals surface area (Å²) in [5.41, 5.74) is 5.08. The molecule has 2 aromatic heterocycles. The first-order valence-corrected chi connectivity index (χ1v) is 14.0. The molecule has 208 valence electrons. The summed E-state index contributed by atoms with van der Waals surface area (Å²) in [5.74, 6) is 0.600. The zero-order valence-corrected chi connectivity index (χ0v) is 24.1. The molecule has 0 aliphatic carbocycles. The van der Waals surface area contributed by atoms with E-state index < -0.39 is 11.9 Å². The van der Waals surface area contributed by atoms with Crippen LogP contribution in [-0.2, 0) is 0 Å². The van der Waals surface area contributed by atoms with Gasteiger partial charge in [0, 0.05) is 42.2 Å². The molecule has 0 spiro atoms. The first-order valence-electron chi connectivity index (χ1n) is 13.6. The predicted molar refractivity (Wildman–Crippen MR) is 158 cm³/mol.